The molecule has 0 radical (unpaired) electrons. The van der Waals surface area contributed by atoms with E-state index in [4.69, 9.17) is 0 Å². The molecule has 3 heteroatoms. The number of piperidine rings is 1. The lowest BCUT2D eigenvalue weighted by Gasteiger charge is -2.36. The highest BCUT2D eigenvalue weighted by Crippen LogP contribution is 2.28. The molecule has 1 aromatic rings. The van der Waals surface area contributed by atoms with Gasteiger partial charge in [0.15, 0.2) is 0 Å². The molecule has 0 aliphatic carbocycles. The van der Waals surface area contributed by atoms with Crippen molar-refractivity contribution in [2.75, 3.05) is 18.0 Å². The first-order valence-corrected chi connectivity index (χ1v) is 6.39. The second-order valence-electron chi connectivity index (χ2n) is 4.39. The third-order valence-electron chi connectivity index (χ3n) is 3.13. The zero-order chi connectivity index (χ0) is 10.8. The summed E-state index contributed by atoms with van der Waals surface area (Å²) in [6, 6.07) is 2.12. The molecule has 0 amide bonds. The number of alkyl halides is 1. The van der Waals surface area contributed by atoms with Gasteiger partial charge in [0.05, 0.1) is 0 Å². The molecule has 2 atom stereocenters. The van der Waals surface area contributed by atoms with Crippen molar-refractivity contribution in [2.45, 2.75) is 25.1 Å². The largest absolute Gasteiger partial charge is 0.371 e. The standard InChI is InChI=1S/C12H17BrN2/c1-9-7-14-5-3-12(9)15-6-4-11(13)10(2)8-15/h3,5,7,10-11H,4,6,8H2,1-2H3. The lowest BCUT2D eigenvalue weighted by atomic mass is 9.99. The number of nitrogens with zero attached hydrogens (tertiary/aromatic N) is 2. The van der Waals surface area contributed by atoms with Crippen molar-refractivity contribution in [3.63, 3.8) is 0 Å². The Balaban J connectivity index is 2.15. The minimum atomic E-state index is 0.677. The van der Waals surface area contributed by atoms with E-state index in [1.807, 2.05) is 12.4 Å². The van der Waals surface area contributed by atoms with E-state index in [1.165, 1.54) is 17.7 Å². The van der Waals surface area contributed by atoms with Gasteiger partial charge < -0.3 is 4.90 Å². The minimum Gasteiger partial charge on any atom is -0.371 e. The van der Waals surface area contributed by atoms with Gasteiger partial charge in [0, 0.05) is 36.0 Å². The molecule has 15 heavy (non-hydrogen) atoms. The van der Waals surface area contributed by atoms with Gasteiger partial charge >= 0.3 is 0 Å². The molecule has 0 aromatic carbocycles. The van der Waals surface area contributed by atoms with Crippen molar-refractivity contribution in [3.05, 3.63) is 24.0 Å². The van der Waals surface area contributed by atoms with Gasteiger partial charge in [-0.1, -0.05) is 22.9 Å². The highest BCUT2D eigenvalue weighted by Gasteiger charge is 2.24. The number of rotatable bonds is 1. The first kappa shape index (κ1) is 10.9. The molecule has 2 heterocycles. The number of pyridine rings is 1. The molecular formula is C12H17BrN2. The molecule has 2 unspecified atom stereocenters. The zero-order valence-electron chi connectivity index (χ0n) is 9.28. The van der Waals surface area contributed by atoms with Gasteiger partial charge in [0.1, 0.15) is 0 Å². The number of hydrogen-bond acceptors (Lipinski definition) is 2. The summed E-state index contributed by atoms with van der Waals surface area (Å²) in [5, 5.41) is 0. The van der Waals surface area contributed by atoms with E-state index in [1.54, 1.807) is 0 Å². The molecule has 0 spiro atoms. The van der Waals surface area contributed by atoms with Crippen molar-refractivity contribution in [3.8, 4) is 0 Å². The smallest absolute Gasteiger partial charge is 0.0426 e. The predicted molar refractivity (Wildman–Crippen MR) is 67.7 cm³/mol. The predicted octanol–water partition coefficient (Wildman–Crippen LogP) is 3.00. The Hall–Kier alpha value is -0.570. The van der Waals surface area contributed by atoms with Crippen LogP contribution in [0, 0.1) is 12.8 Å². The average Bonchev–Trinajstić information content (AvgIpc) is 2.23. The molecule has 82 valence electrons. The van der Waals surface area contributed by atoms with Gasteiger partial charge in [0.25, 0.3) is 0 Å². The van der Waals surface area contributed by atoms with Crippen LogP contribution in [0.15, 0.2) is 18.5 Å². The van der Waals surface area contributed by atoms with Crippen molar-refractivity contribution in [2.24, 2.45) is 5.92 Å². The summed E-state index contributed by atoms with van der Waals surface area (Å²) in [5.74, 6) is 0.714. The Kier molecular flexibility index (Phi) is 3.29. The number of halogens is 1. The molecule has 1 aliphatic rings. The maximum absolute atomic E-state index is 4.14. The second kappa shape index (κ2) is 4.52. The fourth-order valence-corrected chi connectivity index (χ4v) is 2.53. The Labute approximate surface area is 99.8 Å². The van der Waals surface area contributed by atoms with Crippen LogP contribution >= 0.6 is 15.9 Å². The summed E-state index contributed by atoms with van der Waals surface area (Å²) in [6.45, 7) is 6.72. The average molecular weight is 269 g/mol. The van der Waals surface area contributed by atoms with Gasteiger partial charge in [-0.15, -0.1) is 0 Å². The van der Waals surface area contributed by atoms with Crippen LogP contribution in [-0.4, -0.2) is 22.9 Å². The monoisotopic (exact) mass is 268 g/mol. The van der Waals surface area contributed by atoms with E-state index in [0.29, 0.717) is 10.7 Å². The van der Waals surface area contributed by atoms with E-state index in [2.05, 4.69) is 45.7 Å². The van der Waals surface area contributed by atoms with Crippen LogP contribution in [-0.2, 0) is 0 Å². The third-order valence-corrected chi connectivity index (χ3v) is 4.49. The summed E-state index contributed by atoms with van der Waals surface area (Å²) in [5.41, 5.74) is 2.62. The quantitative estimate of drug-likeness (QED) is 0.728. The van der Waals surface area contributed by atoms with Gasteiger partial charge in [-0.05, 0) is 30.9 Å². The summed E-state index contributed by atoms with van der Waals surface area (Å²) < 4.78 is 0. The van der Waals surface area contributed by atoms with Gasteiger partial charge in [0.2, 0.25) is 0 Å². The highest BCUT2D eigenvalue weighted by atomic mass is 79.9. The zero-order valence-corrected chi connectivity index (χ0v) is 10.9. The van der Waals surface area contributed by atoms with E-state index in [9.17, 15) is 0 Å². The number of anilines is 1. The van der Waals surface area contributed by atoms with Crippen molar-refractivity contribution in [1.29, 1.82) is 0 Å². The van der Waals surface area contributed by atoms with Crippen LogP contribution in [0.25, 0.3) is 0 Å². The van der Waals surface area contributed by atoms with Crippen LogP contribution < -0.4 is 4.90 Å². The molecule has 2 nitrogen and oxygen atoms in total. The number of hydrogen-bond donors (Lipinski definition) is 0. The molecule has 2 rings (SSSR count). The molecule has 1 fully saturated rings. The van der Waals surface area contributed by atoms with E-state index in [-0.39, 0.29) is 0 Å². The Morgan fingerprint density at radius 2 is 2.33 bits per heavy atom. The van der Waals surface area contributed by atoms with Crippen LogP contribution in [0.4, 0.5) is 5.69 Å². The molecular weight excluding hydrogens is 252 g/mol. The van der Waals surface area contributed by atoms with Crippen molar-refractivity contribution in [1.82, 2.24) is 4.98 Å². The van der Waals surface area contributed by atoms with Crippen molar-refractivity contribution >= 4 is 21.6 Å². The maximum atomic E-state index is 4.14. The van der Waals surface area contributed by atoms with E-state index < -0.39 is 0 Å². The number of aryl methyl sites for hydroxylation is 1. The van der Waals surface area contributed by atoms with Crippen molar-refractivity contribution < 1.29 is 0 Å². The van der Waals surface area contributed by atoms with Crippen LogP contribution in [0.5, 0.6) is 0 Å². The highest BCUT2D eigenvalue weighted by molar-refractivity contribution is 9.09. The molecule has 1 aromatic heterocycles. The minimum absolute atomic E-state index is 0.677. The fourth-order valence-electron chi connectivity index (χ4n) is 2.16. The molecule has 0 bridgehead atoms. The fraction of sp³-hybridized carbons (Fsp3) is 0.583. The van der Waals surface area contributed by atoms with Crippen LogP contribution in [0.3, 0.4) is 0 Å². The van der Waals surface area contributed by atoms with Crippen LogP contribution in [0.1, 0.15) is 18.9 Å². The molecule has 1 aliphatic heterocycles. The summed E-state index contributed by atoms with van der Waals surface area (Å²) in [4.78, 5) is 7.29. The van der Waals surface area contributed by atoms with E-state index >= 15 is 0 Å². The first-order valence-electron chi connectivity index (χ1n) is 5.48. The summed E-state index contributed by atoms with van der Waals surface area (Å²) in [6.07, 6.45) is 5.05. The normalized spacial score (nSPS) is 26.7. The van der Waals surface area contributed by atoms with Gasteiger partial charge in [-0.2, -0.15) is 0 Å². The number of aromatic nitrogens is 1. The topological polar surface area (TPSA) is 16.1 Å². The lowest BCUT2D eigenvalue weighted by Crippen LogP contribution is -2.40. The Morgan fingerprint density at radius 3 is 3.00 bits per heavy atom. The lowest BCUT2D eigenvalue weighted by molar-refractivity contribution is 0.465. The second-order valence-corrected chi connectivity index (χ2v) is 5.57. The Bertz CT molecular complexity index is 340. The summed E-state index contributed by atoms with van der Waals surface area (Å²) in [7, 11) is 0. The van der Waals surface area contributed by atoms with E-state index in [0.717, 1.165) is 13.1 Å². The molecule has 0 N–H and O–H groups in total. The maximum Gasteiger partial charge on any atom is 0.0426 e. The van der Waals surface area contributed by atoms with Gasteiger partial charge in [-0.25, -0.2) is 0 Å². The molecule has 1 saturated heterocycles. The third kappa shape index (κ3) is 2.33. The first-order chi connectivity index (χ1) is 7.18. The van der Waals surface area contributed by atoms with Crippen LogP contribution in [0.2, 0.25) is 0 Å². The SMILES string of the molecule is Cc1cnccc1N1CCC(Br)C(C)C1. The molecule has 0 saturated carbocycles. The van der Waals surface area contributed by atoms with Gasteiger partial charge in [-0.3, -0.25) is 4.98 Å². The Morgan fingerprint density at radius 1 is 1.53 bits per heavy atom. The summed E-state index contributed by atoms with van der Waals surface area (Å²) >= 11 is 3.73.